The first kappa shape index (κ1) is 13.3. The van der Waals surface area contributed by atoms with Gasteiger partial charge in [0, 0.05) is 32.4 Å². The van der Waals surface area contributed by atoms with E-state index in [9.17, 15) is 0 Å². The van der Waals surface area contributed by atoms with Crippen LogP contribution < -0.4 is 10.2 Å². The van der Waals surface area contributed by atoms with Gasteiger partial charge >= 0.3 is 0 Å². The Kier molecular flexibility index (Phi) is 4.96. The fourth-order valence-corrected chi connectivity index (χ4v) is 2.28. The summed E-state index contributed by atoms with van der Waals surface area (Å²) >= 11 is 0. The minimum Gasteiger partial charge on any atom is -0.380 e. The number of aryl methyl sites for hydroxylation is 1. The lowest BCUT2D eigenvalue weighted by Gasteiger charge is -2.23. The standard InChI is InChI=1S/C14H23N3O/c1-3-15-10-13-9-12(2)14(16-11-13)17-5-4-7-18-8-6-17/h9,11,15H,3-8,10H2,1-2H3. The van der Waals surface area contributed by atoms with Crippen molar-refractivity contribution in [2.45, 2.75) is 26.8 Å². The lowest BCUT2D eigenvalue weighted by molar-refractivity contribution is 0.152. The van der Waals surface area contributed by atoms with E-state index in [-0.39, 0.29) is 0 Å². The number of anilines is 1. The lowest BCUT2D eigenvalue weighted by atomic mass is 10.2. The van der Waals surface area contributed by atoms with Gasteiger partial charge in [0.15, 0.2) is 0 Å². The zero-order valence-electron chi connectivity index (χ0n) is 11.4. The smallest absolute Gasteiger partial charge is 0.131 e. The zero-order valence-corrected chi connectivity index (χ0v) is 11.4. The third-order valence-electron chi connectivity index (χ3n) is 3.21. The number of nitrogens with one attached hydrogen (secondary N) is 1. The van der Waals surface area contributed by atoms with Crippen molar-refractivity contribution < 1.29 is 4.74 Å². The number of rotatable bonds is 4. The van der Waals surface area contributed by atoms with E-state index in [1.54, 1.807) is 0 Å². The highest BCUT2D eigenvalue weighted by atomic mass is 16.5. The molecule has 0 saturated carbocycles. The molecule has 0 bridgehead atoms. The molecule has 0 atom stereocenters. The van der Waals surface area contributed by atoms with Crippen LogP contribution >= 0.6 is 0 Å². The molecule has 100 valence electrons. The molecule has 1 N–H and O–H groups in total. The molecule has 2 heterocycles. The number of nitrogens with zero attached hydrogens (tertiary/aromatic N) is 2. The Balaban J connectivity index is 2.08. The largest absolute Gasteiger partial charge is 0.380 e. The van der Waals surface area contributed by atoms with Crippen molar-refractivity contribution in [1.29, 1.82) is 0 Å². The van der Waals surface area contributed by atoms with Gasteiger partial charge in [-0.05, 0) is 37.1 Å². The van der Waals surface area contributed by atoms with Gasteiger partial charge in [-0.2, -0.15) is 0 Å². The summed E-state index contributed by atoms with van der Waals surface area (Å²) in [4.78, 5) is 6.96. The second-order valence-corrected chi connectivity index (χ2v) is 4.72. The molecule has 4 heteroatoms. The second kappa shape index (κ2) is 6.71. The Morgan fingerprint density at radius 2 is 2.28 bits per heavy atom. The van der Waals surface area contributed by atoms with Gasteiger partial charge in [0.05, 0.1) is 6.61 Å². The second-order valence-electron chi connectivity index (χ2n) is 4.72. The third kappa shape index (κ3) is 3.43. The van der Waals surface area contributed by atoms with Crippen LogP contribution in [0.5, 0.6) is 0 Å². The van der Waals surface area contributed by atoms with Crippen molar-refractivity contribution in [3.05, 3.63) is 23.4 Å². The van der Waals surface area contributed by atoms with Crippen molar-refractivity contribution >= 4 is 5.82 Å². The van der Waals surface area contributed by atoms with Gasteiger partial charge in [0.1, 0.15) is 5.82 Å². The van der Waals surface area contributed by atoms with Crippen LogP contribution in [0.15, 0.2) is 12.3 Å². The van der Waals surface area contributed by atoms with E-state index in [1.807, 2.05) is 6.20 Å². The first-order valence-electron chi connectivity index (χ1n) is 6.80. The molecule has 0 amide bonds. The Morgan fingerprint density at radius 3 is 3.06 bits per heavy atom. The van der Waals surface area contributed by atoms with Crippen molar-refractivity contribution in [3.8, 4) is 0 Å². The number of hydrogen-bond acceptors (Lipinski definition) is 4. The molecule has 2 rings (SSSR count). The summed E-state index contributed by atoms with van der Waals surface area (Å²) < 4.78 is 5.48. The maximum absolute atomic E-state index is 5.48. The highest BCUT2D eigenvalue weighted by molar-refractivity contribution is 5.47. The quantitative estimate of drug-likeness (QED) is 0.882. The summed E-state index contributed by atoms with van der Waals surface area (Å²) in [6.07, 6.45) is 3.07. The number of pyridine rings is 1. The van der Waals surface area contributed by atoms with Crippen LogP contribution in [0, 0.1) is 6.92 Å². The molecule has 0 radical (unpaired) electrons. The third-order valence-corrected chi connectivity index (χ3v) is 3.21. The average molecular weight is 249 g/mol. The molecule has 0 aliphatic carbocycles. The van der Waals surface area contributed by atoms with Crippen LogP contribution in [0.3, 0.4) is 0 Å². The summed E-state index contributed by atoms with van der Waals surface area (Å²) in [5.41, 5.74) is 2.51. The summed E-state index contributed by atoms with van der Waals surface area (Å²) in [6.45, 7) is 9.81. The average Bonchev–Trinajstić information content (AvgIpc) is 2.65. The van der Waals surface area contributed by atoms with Crippen molar-refractivity contribution in [2.24, 2.45) is 0 Å². The fraction of sp³-hybridized carbons (Fsp3) is 0.643. The monoisotopic (exact) mass is 249 g/mol. The van der Waals surface area contributed by atoms with Crippen LogP contribution in [0.25, 0.3) is 0 Å². The molecule has 1 saturated heterocycles. The summed E-state index contributed by atoms with van der Waals surface area (Å²) in [7, 11) is 0. The van der Waals surface area contributed by atoms with Crippen LogP contribution in [-0.4, -0.2) is 37.8 Å². The predicted molar refractivity (Wildman–Crippen MR) is 74.0 cm³/mol. The molecular weight excluding hydrogens is 226 g/mol. The van der Waals surface area contributed by atoms with Crippen LogP contribution in [0.1, 0.15) is 24.5 Å². The van der Waals surface area contributed by atoms with E-state index < -0.39 is 0 Å². The van der Waals surface area contributed by atoms with Crippen LogP contribution in [-0.2, 0) is 11.3 Å². The molecule has 0 aromatic carbocycles. The molecule has 0 spiro atoms. The zero-order chi connectivity index (χ0) is 12.8. The van der Waals surface area contributed by atoms with E-state index in [0.29, 0.717) is 0 Å². The number of hydrogen-bond donors (Lipinski definition) is 1. The molecule has 1 aromatic heterocycles. The Morgan fingerprint density at radius 1 is 1.39 bits per heavy atom. The molecule has 1 aliphatic heterocycles. The molecule has 0 unspecified atom stereocenters. The first-order chi connectivity index (χ1) is 8.81. The minimum atomic E-state index is 0.806. The van der Waals surface area contributed by atoms with Gasteiger partial charge in [-0.3, -0.25) is 0 Å². The summed E-state index contributed by atoms with van der Waals surface area (Å²) in [5.74, 6) is 1.11. The lowest BCUT2D eigenvalue weighted by Crippen LogP contribution is -2.27. The molecule has 1 fully saturated rings. The molecular formula is C14H23N3O. The van der Waals surface area contributed by atoms with Gasteiger partial charge in [-0.1, -0.05) is 6.92 Å². The van der Waals surface area contributed by atoms with Gasteiger partial charge in [-0.15, -0.1) is 0 Å². The minimum absolute atomic E-state index is 0.806. The molecule has 1 aromatic rings. The summed E-state index contributed by atoms with van der Waals surface area (Å²) in [5, 5.41) is 3.33. The van der Waals surface area contributed by atoms with Crippen LogP contribution in [0.4, 0.5) is 5.82 Å². The van der Waals surface area contributed by atoms with Crippen LogP contribution in [0.2, 0.25) is 0 Å². The Bertz CT molecular complexity index is 373. The highest BCUT2D eigenvalue weighted by Crippen LogP contribution is 2.19. The predicted octanol–water partition coefficient (Wildman–Crippen LogP) is 1.73. The number of aromatic nitrogens is 1. The van der Waals surface area contributed by atoms with E-state index in [1.165, 1.54) is 11.1 Å². The van der Waals surface area contributed by atoms with E-state index >= 15 is 0 Å². The molecule has 1 aliphatic rings. The topological polar surface area (TPSA) is 37.4 Å². The maximum Gasteiger partial charge on any atom is 0.131 e. The van der Waals surface area contributed by atoms with Crippen molar-refractivity contribution in [1.82, 2.24) is 10.3 Å². The molecule has 4 nitrogen and oxygen atoms in total. The van der Waals surface area contributed by atoms with Gasteiger partial charge in [-0.25, -0.2) is 4.98 Å². The SMILES string of the molecule is CCNCc1cnc(N2CCCOCC2)c(C)c1. The van der Waals surface area contributed by atoms with Gasteiger partial charge in [0.25, 0.3) is 0 Å². The first-order valence-corrected chi connectivity index (χ1v) is 6.80. The maximum atomic E-state index is 5.48. The van der Waals surface area contributed by atoms with E-state index in [2.05, 4.69) is 35.1 Å². The van der Waals surface area contributed by atoms with Crippen molar-refractivity contribution in [3.63, 3.8) is 0 Å². The Labute approximate surface area is 109 Å². The highest BCUT2D eigenvalue weighted by Gasteiger charge is 2.13. The molecule has 18 heavy (non-hydrogen) atoms. The van der Waals surface area contributed by atoms with E-state index in [0.717, 1.165) is 51.6 Å². The normalized spacial score (nSPS) is 16.7. The Hall–Kier alpha value is -1.13. The van der Waals surface area contributed by atoms with Gasteiger partial charge in [0.2, 0.25) is 0 Å². The van der Waals surface area contributed by atoms with Gasteiger partial charge < -0.3 is 15.0 Å². The van der Waals surface area contributed by atoms with Crippen molar-refractivity contribution in [2.75, 3.05) is 37.7 Å². The fourth-order valence-electron chi connectivity index (χ4n) is 2.28. The van der Waals surface area contributed by atoms with E-state index in [4.69, 9.17) is 4.74 Å². The number of ether oxygens (including phenoxy) is 1. The summed E-state index contributed by atoms with van der Waals surface area (Å²) in [6, 6.07) is 2.23.